The molecular formula is C10H20BrNO4. The molecule has 0 heterocycles. The number of carbonyl (C=O) groups is 1. The Kier molecular flexibility index (Phi) is 8.60. The second-order valence-electron chi connectivity index (χ2n) is 4.14. The molecule has 1 amide bonds. The Morgan fingerprint density at radius 3 is 2.25 bits per heavy atom. The molecular weight excluding hydrogens is 278 g/mol. The molecule has 0 unspecified atom stereocenters. The number of alkyl halides is 1. The van der Waals surface area contributed by atoms with Crippen LogP contribution in [0.25, 0.3) is 0 Å². The van der Waals surface area contributed by atoms with Crippen LogP contribution in [-0.4, -0.2) is 43.6 Å². The summed E-state index contributed by atoms with van der Waals surface area (Å²) in [7, 11) is 0. The first-order valence-corrected chi connectivity index (χ1v) is 6.24. The van der Waals surface area contributed by atoms with Gasteiger partial charge in [0.2, 0.25) is 0 Å². The lowest BCUT2D eigenvalue weighted by Crippen LogP contribution is -2.41. The molecule has 0 saturated heterocycles. The first-order valence-electron chi connectivity index (χ1n) is 5.12. The molecule has 0 saturated carbocycles. The van der Waals surface area contributed by atoms with E-state index in [0.29, 0.717) is 25.3 Å². The highest BCUT2D eigenvalue weighted by Gasteiger charge is 2.13. The van der Waals surface area contributed by atoms with Crippen LogP contribution < -0.4 is 5.32 Å². The van der Waals surface area contributed by atoms with E-state index in [-0.39, 0.29) is 12.1 Å². The zero-order chi connectivity index (χ0) is 12.4. The van der Waals surface area contributed by atoms with E-state index in [2.05, 4.69) is 21.2 Å². The van der Waals surface area contributed by atoms with Crippen molar-refractivity contribution >= 4 is 22.0 Å². The summed E-state index contributed by atoms with van der Waals surface area (Å²) in [6.45, 7) is 7.32. The Morgan fingerprint density at radius 1 is 1.12 bits per heavy atom. The summed E-state index contributed by atoms with van der Waals surface area (Å²) in [5.41, 5.74) is 0.225. The molecule has 0 aromatic rings. The third-order valence-electron chi connectivity index (χ3n) is 1.39. The molecule has 0 aromatic carbocycles. The molecule has 0 aliphatic heterocycles. The van der Waals surface area contributed by atoms with Crippen LogP contribution in [-0.2, 0) is 14.2 Å². The number of hydrogen-bond donors (Lipinski definition) is 1. The maximum atomic E-state index is 11.2. The monoisotopic (exact) mass is 297 g/mol. The van der Waals surface area contributed by atoms with Gasteiger partial charge in [-0.25, -0.2) is 4.79 Å². The Balaban J connectivity index is 3.28. The fourth-order valence-electron chi connectivity index (χ4n) is 0.810. The average Bonchev–Trinajstić information content (AvgIpc) is 2.13. The lowest BCUT2D eigenvalue weighted by Gasteiger charge is -2.19. The highest BCUT2D eigenvalue weighted by molar-refractivity contribution is 9.09. The van der Waals surface area contributed by atoms with Gasteiger partial charge in [-0.05, 0) is 20.8 Å². The maximum absolute atomic E-state index is 11.2. The zero-order valence-electron chi connectivity index (χ0n) is 10.0. The zero-order valence-corrected chi connectivity index (χ0v) is 11.6. The predicted molar refractivity (Wildman–Crippen MR) is 64.8 cm³/mol. The molecule has 0 fully saturated rings. The SMILES string of the molecule is CC(C)(C)NC(=O)OCCOCCOCBr. The second kappa shape index (κ2) is 8.78. The Hall–Kier alpha value is -0.330. The lowest BCUT2D eigenvalue weighted by atomic mass is 10.1. The molecule has 5 nitrogen and oxygen atoms in total. The smallest absolute Gasteiger partial charge is 0.407 e. The van der Waals surface area contributed by atoms with E-state index >= 15 is 0 Å². The summed E-state index contributed by atoms with van der Waals surface area (Å²) in [5.74, 6) is 0. The highest BCUT2D eigenvalue weighted by Crippen LogP contribution is 1.98. The molecule has 0 spiro atoms. The minimum Gasteiger partial charge on any atom is -0.447 e. The normalized spacial score (nSPS) is 11.2. The second-order valence-corrected chi connectivity index (χ2v) is 4.60. The van der Waals surface area contributed by atoms with E-state index in [1.54, 1.807) is 0 Å². The highest BCUT2D eigenvalue weighted by atomic mass is 79.9. The van der Waals surface area contributed by atoms with Crippen molar-refractivity contribution in [3.63, 3.8) is 0 Å². The molecule has 6 heteroatoms. The van der Waals surface area contributed by atoms with Crippen molar-refractivity contribution in [2.75, 3.05) is 31.9 Å². The van der Waals surface area contributed by atoms with Crippen molar-refractivity contribution in [3.8, 4) is 0 Å². The first kappa shape index (κ1) is 15.7. The minimum absolute atomic E-state index is 0.246. The summed E-state index contributed by atoms with van der Waals surface area (Å²) in [6.07, 6.45) is -0.423. The van der Waals surface area contributed by atoms with Gasteiger partial charge in [0.05, 0.1) is 19.8 Å². The van der Waals surface area contributed by atoms with Gasteiger partial charge in [0.1, 0.15) is 12.1 Å². The summed E-state index contributed by atoms with van der Waals surface area (Å²) in [6, 6.07) is 0. The van der Waals surface area contributed by atoms with Crippen molar-refractivity contribution < 1.29 is 19.0 Å². The van der Waals surface area contributed by atoms with Crippen LogP contribution in [0.1, 0.15) is 20.8 Å². The van der Waals surface area contributed by atoms with E-state index < -0.39 is 6.09 Å². The van der Waals surface area contributed by atoms with Crippen LogP contribution in [0, 0.1) is 0 Å². The van der Waals surface area contributed by atoms with Crippen LogP contribution in [0.3, 0.4) is 0 Å². The van der Waals surface area contributed by atoms with E-state index in [4.69, 9.17) is 14.2 Å². The molecule has 16 heavy (non-hydrogen) atoms. The van der Waals surface area contributed by atoms with Gasteiger partial charge in [-0.3, -0.25) is 0 Å². The third kappa shape index (κ3) is 11.7. The molecule has 0 aliphatic carbocycles. The number of ether oxygens (including phenoxy) is 3. The van der Waals surface area contributed by atoms with Crippen LogP contribution in [0.4, 0.5) is 4.79 Å². The van der Waals surface area contributed by atoms with Crippen molar-refractivity contribution in [2.45, 2.75) is 26.3 Å². The minimum atomic E-state index is -0.423. The van der Waals surface area contributed by atoms with Gasteiger partial charge in [-0.2, -0.15) is 0 Å². The fourth-order valence-corrected chi connectivity index (χ4v) is 1.04. The van der Waals surface area contributed by atoms with Gasteiger partial charge < -0.3 is 19.5 Å². The van der Waals surface area contributed by atoms with E-state index in [9.17, 15) is 4.79 Å². The van der Waals surface area contributed by atoms with E-state index in [0.717, 1.165) is 0 Å². The number of alkyl carbamates (subject to hydrolysis) is 1. The Bertz CT molecular complexity index is 194. The maximum Gasteiger partial charge on any atom is 0.407 e. The van der Waals surface area contributed by atoms with Crippen molar-refractivity contribution in [2.24, 2.45) is 0 Å². The van der Waals surface area contributed by atoms with Crippen LogP contribution in [0.5, 0.6) is 0 Å². The van der Waals surface area contributed by atoms with Gasteiger partial charge in [0.15, 0.2) is 0 Å². The van der Waals surface area contributed by atoms with Crippen LogP contribution >= 0.6 is 15.9 Å². The van der Waals surface area contributed by atoms with Crippen molar-refractivity contribution in [3.05, 3.63) is 0 Å². The molecule has 0 atom stereocenters. The predicted octanol–water partition coefficient (Wildman–Crippen LogP) is 1.90. The number of carbonyl (C=O) groups excluding carboxylic acids is 1. The summed E-state index contributed by atoms with van der Waals surface area (Å²) in [4.78, 5) is 11.2. The number of rotatable bonds is 7. The quantitative estimate of drug-likeness (QED) is 0.576. The van der Waals surface area contributed by atoms with Crippen LogP contribution in [0.2, 0.25) is 0 Å². The summed E-state index contributed by atoms with van der Waals surface area (Å²) in [5, 5.41) is 2.68. The van der Waals surface area contributed by atoms with Crippen LogP contribution in [0.15, 0.2) is 0 Å². The summed E-state index contributed by atoms with van der Waals surface area (Å²) >= 11 is 3.12. The molecule has 0 rings (SSSR count). The fraction of sp³-hybridized carbons (Fsp3) is 0.900. The lowest BCUT2D eigenvalue weighted by molar-refractivity contribution is 0.0387. The Morgan fingerprint density at radius 2 is 1.69 bits per heavy atom. The van der Waals surface area contributed by atoms with Crippen molar-refractivity contribution in [1.82, 2.24) is 5.32 Å². The number of hydrogen-bond acceptors (Lipinski definition) is 4. The van der Waals surface area contributed by atoms with Gasteiger partial charge in [-0.15, -0.1) is 0 Å². The Labute approximate surface area is 105 Å². The standard InChI is InChI=1S/C10H20BrNO4/c1-10(2,3)12-9(13)16-7-6-14-4-5-15-8-11/h4-8H2,1-3H3,(H,12,13). The topological polar surface area (TPSA) is 56.8 Å². The average molecular weight is 298 g/mol. The number of amides is 1. The molecule has 0 radical (unpaired) electrons. The number of nitrogens with one attached hydrogen (secondary N) is 1. The van der Waals surface area contributed by atoms with Gasteiger partial charge in [-0.1, -0.05) is 15.9 Å². The first-order chi connectivity index (χ1) is 7.45. The van der Waals surface area contributed by atoms with Gasteiger partial charge >= 0.3 is 6.09 Å². The summed E-state index contributed by atoms with van der Waals surface area (Å²) < 4.78 is 15.1. The van der Waals surface area contributed by atoms with Gasteiger partial charge in [0, 0.05) is 5.54 Å². The molecule has 0 aliphatic rings. The molecule has 96 valence electrons. The largest absolute Gasteiger partial charge is 0.447 e. The van der Waals surface area contributed by atoms with E-state index in [1.165, 1.54) is 0 Å². The van der Waals surface area contributed by atoms with Gasteiger partial charge in [0.25, 0.3) is 0 Å². The van der Waals surface area contributed by atoms with E-state index in [1.807, 2.05) is 20.8 Å². The van der Waals surface area contributed by atoms with Crippen molar-refractivity contribution in [1.29, 1.82) is 0 Å². The molecule has 0 aromatic heterocycles. The molecule has 1 N–H and O–H groups in total. The third-order valence-corrected chi connectivity index (χ3v) is 1.71. The number of halogens is 1. The molecule has 0 bridgehead atoms.